The van der Waals surface area contributed by atoms with Crippen LogP contribution in [-0.4, -0.2) is 17.2 Å². The fourth-order valence-corrected chi connectivity index (χ4v) is 14.3. The largest absolute Gasteiger partial charge is 0.309 e. The van der Waals surface area contributed by atoms with Crippen LogP contribution in [0.2, 0.25) is 0 Å². The molecule has 2 aromatic heterocycles. The zero-order valence-electron chi connectivity index (χ0n) is 31.3. The van der Waals surface area contributed by atoms with E-state index in [2.05, 4.69) is 240 Å². The zero-order valence-corrected chi connectivity index (χ0v) is 32.3. The zero-order chi connectivity index (χ0) is 37.8. The normalized spacial score (nSPS) is 11.9. The molecule has 0 aliphatic heterocycles. The monoisotopic (exact) mass is 742 g/mol. The van der Waals surface area contributed by atoms with Gasteiger partial charge in [-0.25, -0.2) is 0 Å². The maximum absolute atomic E-state index is 2.80. The van der Waals surface area contributed by atoms with E-state index in [0.717, 1.165) is 5.69 Å². The van der Waals surface area contributed by atoms with Crippen molar-refractivity contribution >= 4 is 72.4 Å². The maximum Gasteiger partial charge on any atom is 0.179 e. The summed E-state index contributed by atoms with van der Waals surface area (Å²) in [5, 5.41) is 10.5. The number of aromatic nitrogens is 2. The average molecular weight is 743 g/mol. The lowest BCUT2D eigenvalue weighted by molar-refractivity contribution is 1.17. The number of hydrogen-bond acceptors (Lipinski definition) is 0. The molecule has 0 aliphatic rings. The molecule has 268 valence electrons. The Morgan fingerprint density at radius 2 is 0.789 bits per heavy atom. The van der Waals surface area contributed by atoms with Gasteiger partial charge in [-0.3, -0.25) is 0 Å². The molecule has 3 heteroatoms. The van der Waals surface area contributed by atoms with Crippen LogP contribution in [0.3, 0.4) is 0 Å². The highest BCUT2D eigenvalue weighted by atomic mass is 28.3. The summed E-state index contributed by atoms with van der Waals surface area (Å²) < 4.78 is 4.94. The van der Waals surface area contributed by atoms with Crippen molar-refractivity contribution in [2.75, 3.05) is 0 Å². The van der Waals surface area contributed by atoms with Gasteiger partial charge in [0.2, 0.25) is 0 Å². The van der Waals surface area contributed by atoms with Crippen LogP contribution in [0.1, 0.15) is 0 Å². The van der Waals surface area contributed by atoms with Crippen LogP contribution in [0, 0.1) is 0 Å². The molecule has 0 fully saturated rings. The minimum absolute atomic E-state index is 1.16. The third kappa shape index (κ3) is 5.10. The molecule has 0 unspecified atom stereocenters. The Morgan fingerprint density at radius 3 is 1.42 bits per heavy atom. The first kappa shape index (κ1) is 33.2. The van der Waals surface area contributed by atoms with Gasteiger partial charge in [-0.1, -0.05) is 188 Å². The molecule has 9 aromatic carbocycles. The maximum atomic E-state index is 2.55. The Hall–Kier alpha value is -7.20. The Kier molecular flexibility index (Phi) is 7.87. The minimum atomic E-state index is -2.80. The molecule has 0 bridgehead atoms. The molecule has 0 saturated heterocycles. The van der Waals surface area contributed by atoms with Crippen LogP contribution >= 0.6 is 0 Å². The van der Waals surface area contributed by atoms with E-state index in [1.54, 1.807) is 0 Å². The Bertz CT molecular complexity index is 3110. The standard InChI is InChI=1S/C54H38N2Si/c1-6-20-39(21-7-1)45-31-18-33-50-53(45)47-38-44(57(41-24-10-3-11-25-41,42-26-12-4-13-27-42)43-28-14-5-15-29-43)36-37-49(47)56(50)52-35-19-34-51-54(52)46-30-16-17-32-48(46)55(51)40-22-8-2-9-23-40/h1-38H. The third-order valence-electron chi connectivity index (χ3n) is 11.9. The van der Waals surface area contributed by atoms with Crippen LogP contribution in [0.25, 0.3) is 66.1 Å². The van der Waals surface area contributed by atoms with Gasteiger partial charge in [0.15, 0.2) is 8.07 Å². The summed E-state index contributed by atoms with van der Waals surface area (Å²) in [6.45, 7) is 0. The summed E-state index contributed by atoms with van der Waals surface area (Å²) >= 11 is 0. The molecule has 57 heavy (non-hydrogen) atoms. The number of hydrogen-bond donors (Lipinski definition) is 0. The molecule has 0 atom stereocenters. The number of rotatable bonds is 7. The van der Waals surface area contributed by atoms with Crippen molar-refractivity contribution in [3.05, 3.63) is 231 Å². The SMILES string of the molecule is c1ccc(-c2cccc3c2c2cc([Si](c4ccccc4)(c4ccccc4)c4ccccc4)ccc2n3-c2cccc3c2c2ccccc2n3-c2ccccc2)cc1. The predicted molar refractivity (Wildman–Crippen MR) is 244 cm³/mol. The average Bonchev–Trinajstić information content (AvgIpc) is 3.81. The lowest BCUT2D eigenvalue weighted by Gasteiger charge is -2.34. The number of fused-ring (bicyclic) bond motifs is 6. The van der Waals surface area contributed by atoms with Gasteiger partial charge in [0.05, 0.1) is 27.8 Å². The molecule has 0 amide bonds. The van der Waals surface area contributed by atoms with E-state index in [1.807, 2.05) is 0 Å². The number of benzene rings is 9. The van der Waals surface area contributed by atoms with Crippen LogP contribution in [0.15, 0.2) is 231 Å². The summed E-state index contributed by atoms with van der Waals surface area (Å²) in [5.74, 6) is 0. The van der Waals surface area contributed by atoms with E-state index < -0.39 is 8.07 Å². The molecule has 2 nitrogen and oxygen atoms in total. The van der Waals surface area contributed by atoms with E-state index in [0.29, 0.717) is 0 Å². The van der Waals surface area contributed by atoms with E-state index in [9.17, 15) is 0 Å². The molecule has 11 rings (SSSR count). The Morgan fingerprint density at radius 1 is 0.298 bits per heavy atom. The first-order valence-corrected chi connectivity index (χ1v) is 21.7. The van der Waals surface area contributed by atoms with Gasteiger partial charge >= 0.3 is 0 Å². The van der Waals surface area contributed by atoms with Gasteiger partial charge in [0, 0.05) is 27.2 Å². The first-order chi connectivity index (χ1) is 28.3. The Labute approximate surface area is 333 Å². The predicted octanol–water partition coefficient (Wildman–Crippen LogP) is 10.9. The highest BCUT2D eigenvalue weighted by molar-refractivity contribution is 7.20. The second-order valence-corrected chi connectivity index (χ2v) is 18.6. The van der Waals surface area contributed by atoms with Gasteiger partial charge in [0.25, 0.3) is 0 Å². The summed E-state index contributed by atoms with van der Waals surface area (Å²) in [6, 6.07) is 85.2. The van der Waals surface area contributed by atoms with Crippen LogP contribution in [0.5, 0.6) is 0 Å². The lowest BCUT2D eigenvalue weighted by Crippen LogP contribution is -2.74. The molecule has 0 saturated carbocycles. The fourth-order valence-electron chi connectivity index (χ4n) is 9.53. The topological polar surface area (TPSA) is 9.86 Å². The Balaban J connectivity index is 1.29. The molecular formula is C54H38N2Si. The second-order valence-electron chi connectivity index (χ2n) is 14.8. The van der Waals surface area contributed by atoms with E-state index >= 15 is 0 Å². The molecule has 0 aliphatic carbocycles. The van der Waals surface area contributed by atoms with Crippen molar-refractivity contribution in [1.82, 2.24) is 9.13 Å². The van der Waals surface area contributed by atoms with E-state index in [-0.39, 0.29) is 0 Å². The molecule has 0 radical (unpaired) electrons. The van der Waals surface area contributed by atoms with Gasteiger partial charge in [-0.2, -0.15) is 0 Å². The second kappa shape index (κ2) is 13.5. The van der Waals surface area contributed by atoms with Gasteiger partial charge in [-0.15, -0.1) is 0 Å². The molecule has 0 spiro atoms. The minimum Gasteiger partial charge on any atom is -0.309 e. The summed E-state index contributed by atoms with van der Waals surface area (Å²) in [6.07, 6.45) is 0. The van der Waals surface area contributed by atoms with Crippen molar-refractivity contribution in [3.8, 4) is 22.5 Å². The first-order valence-electron chi connectivity index (χ1n) is 19.7. The lowest BCUT2D eigenvalue weighted by atomic mass is 9.99. The third-order valence-corrected chi connectivity index (χ3v) is 16.6. The molecule has 11 aromatic rings. The molecule has 0 N–H and O–H groups in total. The van der Waals surface area contributed by atoms with Crippen molar-refractivity contribution in [3.63, 3.8) is 0 Å². The van der Waals surface area contributed by atoms with Crippen LogP contribution in [0.4, 0.5) is 0 Å². The van der Waals surface area contributed by atoms with Crippen LogP contribution in [-0.2, 0) is 0 Å². The summed E-state index contributed by atoms with van der Waals surface area (Å²) in [4.78, 5) is 0. The van der Waals surface area contributed by atoms with E-state index in [1.165, 1.54) is 81.2 Å². The van der Waals surface area contributed by atoms with Gasteiger partial charge < -0.3 is 9.13 Å². The van der Waals surface area contributed by atoms with Gasteiger partial charge in [-0.05, 0) is 74.3 Å². The molecular weight excluding hydrogens is 705 g/mol. The molecule has 2 heterocycles. The fraction of sp³-hybridized carbons (Fsp3) is 0. The number of para-hydroxylation sites is 2. The van der Waals surface area contributed by atoms with Crippen molar-refractivity contribution in [2.45, 2.75) is 0 Å². The smallest absolute Gasteiger partial charge is 0.179 e. The van der Waals surface area contributed by atoms with Crippen molar-refractivity contribution < 1.29 is 0 Å². The quantitative estimate of drug-likeness (QED) is 0.114. The highest BCUT2D eigenvalue weighted by Gasteiger charge is 2.41. The van der Waals surface area contributed by atoms with Crippen LogP contribution < -0.4 is 20.7 Å². The van der Waals surface area contributed by atoms with Crippen molar-refractivity contribution in [1.29, 1.82) is 0 Å². The highest BCUT2D eigenvalue weighted by Crippen LogP contribution is 2.42. The summed E-state index contributed by atoms with van der Waals surface area (Å²) in [5.41, 5.74) is 9.55. The van der Waals surface area contributed by atoms with Crippen molar-refractivity contribution in [2.24, 2.45) is 0 Å². The number of nitrogens with zero attached hydrogens (tertiary/aromatic N) is 2. The van der Waals surface area contributed by atoms with Gasteiger partial charge in [0.1, 0.15) is 0 Å². The summed E-state index contributed by atoms with van der Waals surface area (Å²) in [7, 11) is -2.80. The van der Waals surface area contributed by atoms with E-state index in [4.69, 9.17) is 0 Å².